The van der Waals surface area contributed by atoms with Gasteiger partial charge in [0.05, 0.1) is 40.0 Å². The second-order valence-electron chi connectivity index (χ2n) is 15.8. The topological polar surface area (TPSA) is 152 Å². The van der Waals surface area contributed by atoms with Gasteiger partial charge in [-0.3, -0.25) is 14.2 Å². The van der Waals surface area contributed by atoms with Crippen LogP contribution in [0, 0.1) is 0 Å². The summed E-state index contributed by atoms with van der Waals surface area (Å²) in [4.78, 5) is 37.5. The Balaban J connectivity index is 4.68. The summed E-state index contributed by atoms with van der Waals surface area (Å²) in [6.45, 7) is 3.81. The van der Waals surface area contributed by atoms with Gasteiger partial charge in [-0.15, -0.1) is 0 Å². The second-order valence-corrected chi connectivity index (χ2v) is 17.2. The fourth-order valence-corrected chi connectivity index (χ4v) is 6.08. The van der Waals surface area contributed by atoms with Crippen molar-refractivity contribution >= 4 is 19.8 Å². The number of hydrogen-bond donors (Lipinski definition) is 2. The molecule has 0 fully saturated rings. The summed E-state index contributed by atoms with van der Waals surface area (Å²) in [5, 5.41) is 20.3. The zero-order valence-corrected chi connectivity index (χ0v) is 37.6. The highest BCUT2D eigenvalue weighted by Crippen LogP contribution is 2.38. The molecule has 0 saturated heterocycles. The number of hydrogen-bond acceptors (Lipinski definition) is 10. The number of allylic oxidation sites excluding steroid dienone is 9. The van der Waals surface area contributed by atoms with Gasteiger partial charge < -0.3 is 38.1 Å². The van der Waals surface area contributed by atoms with Crippen molar-refractivity contribution in [3.63, 3.8) is 0 Å². The second kappa shape index (κ2) is 37.4. The van der Waals surface area contributed by atoms with Gasteiger partial charge in [0.1, 0.15) is 19.8 Å². The molecule has 0 aliphatic heterocycles. The number of aliphatic hydroxyl groups excluding tert-OH is 2. The van der Waals surface area contributed by atoms with Crippen LogP contribution in [-0.2, 0) is 32.7 Å². The van der Waals surface area contributed by atoms with Crippen LogP contribution in [-0.4, -0.2) is 92.5 Å². The molecule has 58 heavy (non-hydrogen) atoms. The van der Waals surface area contributed by atoms with Gasteiger partial charge in [-0.25, -0.2) is 0 Å². The SMILES string of the molecule is CCCCC/C=C\C/C=C\CCCCCCCC(=O)OC[C@H](COP(=O)([O-])OCC[N+](C)(C)C)OC(=O)CCC[C@@H](O)\C=C/C=C/C=C/[C@@H](O)C/C=C\CCCCC. The average Bonchev–Trinajstić information content (AvgIpc) is 3.16. The van der Waals surface area contributed by atoms with E-state index in [1.54, 1.807) is 36.5 Å². The number of ether oxygens (including phenoxy) is 2. The Hall–Kier alpha value is -2.63. The molecular formula is C46H80NO10P. The zero-order valence-electron chi connectivity index (χ0n) is 36.7. The van der Waals surface area contributed by atoms with E-state index in [1.807, 2.05) is 27.2 Å². The minimum absolute atomic E-state index is 0.0418. The number of phosphoric ester groups is 1. The summed E-state index contributed by atoms with van der Waals surface area (Å²) in [7, 11) is 0.989. The molecule has 0 heterocycles. The first-order valence-corrected chi connectivity index (χ1v) is 23.3. The number of carbonyl (C=O) groups excluding carboxylic acids is 2. The molecule has 0 bridgehead atoms. The van der Waals surface area contributed by atoms with Crippen molar-refractivity contribution in [2.24, 2.45) is 0 Å². The van der Waals surface area contributed by atoms with Crippen LogP contribution in [0.3, 0.4) is 0 Å². The van der Waals surface area contributed by atoms with Crippen LogP contribution >= 0.6 is 7.82 Å². The molecular weight excluding hydrogens is 757 g/mol. The summed E-state index contributed by atoms with van der Waals surface area (Å²) in [5.41, 5.74) is 0. The summed E-state index contributed by atoms with van der Waals surface area (Å²) in [6.07, 6.45) is 38.4. The third-order valence-corrected chi connectivity index (χ3v) is 9.85. The van der Waals surface area contributed by atoms with Gasteiger partial charge in [-0.05, 0) is 70.6 Å². The molecule has 0 aromatic heterocycles. The quantitative estimate of drug-likeness (QED) is 0.0154. The molecule has 0 amide bonds. The maximum absolute atomic E-state index is 12.7. The zero-order chi connectivity index (χ0) is 43.2. The van der Waals surface area contributed by atoms with Crippen LogP contribution in [0.2, 0.25) is 0 Å². The molecule has 12 heteroatoms. The van der Waals surface area contributed by atoms with Crippen molar-refractivity contribution in [2.75, 3.05) is 47.5 Å². The molecule has 0 aromatic rings. The highest BCUT2D eigenvalue weighted by molar-refractivity contribution is 7.45. The van der Waals surface area contributed by atoms with Gasteiger partial charge in [0, 0.05) is 12.8 Å². The molecule has 1 unspecified atom stereocenters. The lowest BCUT2D eigenvalue weighted by atomic mass is 10.1. The number of carbonyl (C=O) groups is 2. The smallest absolute Gasteiger partial charge is 0.306 e. The van der Waals surface area contributed by atoms with E-state index >= 15 is 0 Å². The fraction of sp³-hybridized carbons (Fsp3) is 0.696. The summed E-state index contributed by atoms with van der Waals surface area (Å²) >= 11 is 0. The van der Waals surface area contributed by atoms with E-state index in [0.717, 1.165) is 51.4 Å². The van der Waals surface area contributed by atoms with E-state index in [2.05, 4.69) is 44.2 Å². The van der Waals surface area contributed by atoms with Gasteiger partial charge in [-0.2, -0.15) is 0 Å². The number of rotatable bonds is 38. The largest absolute Gasteiger partial charge is 0.756 e. The van der Waals surface area contributed by atoms with Crippen molar-refractivity contribution in [2.45, 2.75) is 161 Å². The first-order chi connectivity index (χ1) is 27.8. The third-order valence-electron chi connectivity index (χ3n) is 8.89. The number of nitrogens with zero attached hydrogens (tertiary/aromatic N) is 1. The molecule has 0 spiro atoms. The maximum Gasteiger partial charge on any atom is 0.306 e. The Labute approximate surface area is 352 Å². The number of phosphoric acid groups is 1. The van der Waals surface area contributed by atoms with Crippen molar-refractivity contribution in [3.8, 4) is 0 Å². The van der Waals surface area contributed by atoms with Crippen LogP contribution in [0.5, 0.6) is 0 Å². The van der Waals surface area contributed by atoms with Gasteiger partial charge in [0.25, 0.3) is 7.82 Å². The van der Waals surface area contributed by atoms with Crippen molar-refractivity contribution in [1.29, 1.82) is 0 Å². The molecule has 0 radical (unpaired) electrons. The minimum Gasteiger partial charge on any atom is -0.756 e. The van der Waals surface area contributed by atoms with Crippen LogP contribution in [0.25, 0.3) is 0 Å². The molecule has 0 aliphatic rings. The van der Waals surface area contributed by atoms with E-state index in [9.17, 15) is 29.3 Å². The van der Waals surface area contributed by atoms with Crippen molar-refractivity contribution in [3.05, 3.63) is 72.9 Å². The number of quaternary nitrogens is 1. The molecule has 0 aliphatic carbocycles. The Morgan fingerprint density at radius 3 is 1.83 bits per heavy atom. The summed E-state index contributed by atoms with van der Waals surface area (Å²) < 4.78 is 33.6. The van der Waals surface area contributed by atoms with Gasteiger partial charge in [0.15, 0.2) is 6.10 Å². The Bertz CT molecular complexity index is 1250. The highest BCUT2D eigenvalue weighted by atomic mass is 31.2. The normalized spacial score (nSPS) is 15.4. The number of likely N-dealkylation sites (N-methyl/N-ethyl adjacent to an activating group) is 1. The Morgan fingerprint density at radius 2 is 1.21 bits per heavy atom. The molecule has 0 rings (SSSR count). The fourth-order valence-electron chi connectivity index (χ4n) is 5.35. The molecule has 4 atom stereocenters. The molecule has 11 nitrogen and oxygen atoms in total. The van der Waals surface area contributed by atoms with Crippen LogP contribution < -0.4 is 4.89 Å². The van der Waals surface area contributed by atoms with E-state index in [0.29, 0.717) is 30.3 Å². The lowest BCUT2D eigenvalue weighted by Crippen LogP contribution is -2.37. The van der Waals surface area contributed by atoms with Crippen LogP contribution in [0.1, 0.15) is 142 Å². The predicted octanol–water partition coefficient (Wildman–Crippen LogP) is 9.55. The number of esters is 2. The van der Waals surface area contributed by atoms with Crippen LogP contribution in [0.4, 0.5) is 0 Å². The highest BCUT2D eigenvalue weighted by Gasteiger charge is 2.22. The van der Waals surface area contributed by atoms with E-state index < -0.39 is 44.7 Å². The van der Waals surface area contributed by atoms with E-state index in [4.69, 9.17) is 18.5 Å². The third kappa shape index (κ3) is 40.2. The number of unbranched alkanes of at least 4 members (excludes halogenated alkanes) is 11. The predicted molar refractivity (Wildman–Crippen MR) is 234 cm³/mol. The van der Waals surface area contributed by atoms with E-state index in [1.165, 1.54) is 38.5 Å². The monoisotopic (exact) mass is 838 g/mol. The standard InChI is InChI=1S/C46H80NO10P/c1-6-8-10-12-14-15-16-17-18-19-20-21-22-24-30-36-45(50)54-40-44(41-56-58(52,53)55-39-38-47(3,4)5)57-46(51)37-31-35-43(49)34-29-26-25-28-33-42(48)32-27-23-13-11-9-7-2/h14-15,17-18,23,25-29,33-34,42-44,48-49H,6-13,16,19-22,24,30-32,35-41H2,1-5H3/b15-14-,18-17-,26-25+,27-23-,33-28+,34-29-/t42-,43-,44+/m0/s1. The summed E-state index contributed by atoms with van der Waals surface area (Å²) in [6, 6.07) is 0. The first-order valence-electron chi connectivity index (χ1n) is 21.9. The molecule has 334 valence electrons. The molecule has 0 aromatic carbocycles. The van der Waals surface area contributed by atoms with Gasteiger partial charge >= 0.3 is 11.9 Å². The van der Waals surface area contributed by atoms with E-state index in [-0.39, 0.29) is 32.5 Å². The average molecular weight is 838 g/mol. The molecule has 2 N–H and O–H groups in total. The van der Waals surface area contributed by atoms with Gasteiger partial charge in [-0.1, -0.05) is 132 Å². The summed E-state index contributed by atoms with van der Waals surface area (Å²) in [5.74, 6) is -1.10. The first kappa shape index (κ1) is 55.4. The minimum atomic E-state index is -4.70. The molecule has 0 saturated carbocycles. The lowest BCUT2D eigenvalue weighted by Gasteiger charge is -2.28. The Morgan fingerprint density at radius 1 is 0.655 bits per heavy atom. The van der Waals surface area contributed by atoms with Crippen LogP contribution in [0.15, 0.2) is 72.9 Å². The van der Waals surface area contributed by atoms with Crippen molar-refractivity contribution in [1.82, 2.24) is 0 Å². The maximum atomic E-state index is 12.7. The van der Waals surface area contributed by atoms with Gasteiger partial charge in [0.2, 0.25) is 0 Å². The lowest BCUT2D eigenvalue weighted by molar-refractivity contribution is -0.870. The Kier molecular flexibility index (Phi) is 35.7. The van der Waals surface area contributed by atoms with Crippen molar-refractivity contribution < 1.29 is 52.3 Å². The number of aliphatic hydroxyl groups is 2.